The van der Waals surface area contributed by atoms with E-state index in [4.69, 9.17) is 5.11 Å². The van der Waals surface area contributed by atoms with Gasteiger partial charge in [-0.3, -0.25) is 4.79 Å². The molecule has 2 aromatic rings. The van der Waals surface area contributed by atoms with Crippen molar-refractivity contribution in [1.82, 2.24) is 9.38 Å². The number of rotatable bonds is 4. The van der Waals surface area contributed by atoms with Crippen molar-refractivity contribution in [2.24, 2.45) is 5.92 Å². The van der Waals surface area contributed by atoms with Crippen LogP contribution in [-0.4, -0.2) is 31.4 Å². The van der Waals surface area contributed by atoms with E-state index < -0.39 is 16.8 Å². The summed E-state index contributed by atoms with van der Waals surface area (Å²) in [4.78, 5) is 26.2. The van der Waals surface area contributed by atoms with Crippen molar-refractivity contribution in [3.05, 3.63) is 33.8 Å². The molecule has 0 aliphatic heterocycles. The van der Waals surface area contributed by atoms with E-state index in [-0.39, 0.29) is 17.7 Å². The maximum atomic E-state index is 11.1. The van der Waals surface area contributed by atoms with Crippen LogP contribution in [0.5, 0.6) is 0 Å². The Morgan fingerprint density at radius 2 is 2.40 bits per heavy atom. The van der Waals surface area contributed by atoms with E-state index in [2.05, 4.69) is 10.3 Å². The second-order valence-electron chi connectivity index (χ2n) is 4.41. The smallest absolute Gasteiger partial charge is 0.372 e. The molecule has 1 aliphatic carbocycles. The summed E-state index contributed by atoms with van der Waals surface area (Å²) >= 11 is 1.30. The van der Waals surface area contributed by atoms with Crippen LogP contribution in [0.1, 0.15) is 6.42 Å². The van der Waals surface area contributed by atoms with Crippen molar-refractivity contribution in [3.8, 4) is 0 Å². The number of carboxylic acid groups (broad SMARTS) is 1. The Morgan fingerprint density at radius 1 is 1.60 bits per heavy atom. The van der Waals surface area contributed by atoms with Gasteiger partial charge in [0.25, 0.3) is 4.96 Å². The molecule has 0 saturated carbocycles. The third-order valence-electron chi connectivity index (χ3n) is 3.13. The van der Waals surface area contributed by atoms with Crippen LogP contribution in [0, 0.1) is 16.0 Å². The van der Waals surface area contributed by atoms with E-state index >= 15 is 0 Å². The Labute approximate surface area is 116 Å². The molecule has 0 spiro atoms. The van der Waals surface area contributed by atoms with Gasteiger partial charge in [-0.15, -0.1) is 0 Å². The highest BCUT2D eigenvalue weighted by molar-refractivity contribution is 7.15. The molecule has 0 aromatic carbocycles. The van der Waals surface area contributed by atoms with Gasteiger partial charge in [-0.2, -0.15) is 9.38 Å². The van der Waals surface area contributed by atoms with E-state index in [1.807, 2.05) is 0 Å². The molecule has 2 heterocycles. The number of carboxylic acids is 1. The number of nitrogens with one attached hydrogen (secondary N) is 1. The molecule has 2 aromatic heterocycles. The molecular formula is C11H10N4O4S. The highest BCUT2D eigenvalue weighted by Gasteiger charge is 2.29. The van der Waals surface area contributed by atoms with E-state index in [1.54, 1.807) is 23.7 Å². The normalized spacial score (nSPS) is 21.4. The quantitative estimate of drug-likeness (QED) is 0.505. The molecule has 0 saturated heterocycles. The fraction of sp³-hybridized carbons (Fsp3) is 0.273. The van der Waals surface area contributed by atoms with Crippen molar-refractivity contribution < 1.29 is 14.8 Å². The average Bonchev–Trinajstić information content (AvgIpc) is 3.02. The maximum absolute atomic E-state index is 11.1. The van der Waals surface area contributed by atoms with Gasteiger partial charge in [-0.05, 0) is 11.3 Å². The van der Waals surface area contributed by atoms with Crippen LogP contribution in [0.4, 0.5) is 11.6 Å². The second kappa shape index (κ2) is 4.60. The lowest BCUT2D eigenvalue weighted by molar-refractivity contribution is -0.389. The fourth-order valence-corrected chi connectivity index (χ4v) is 2.92. The van der Waals surface area contributed by atoms with Crippen LogP contribution in [0.2, 0.25) is 0 Å². The third-order valence-corrected chi connectivity index (χ3v) is 3.89. The monoisotopic (exact) mass is 294 g/mol. The Hall–Kier alpha value is -2.42. The predicted molar refractivity (Wildman–Crippen MR) is 72.0 cm³/mol. The van der Waals surface area contributed by atoms with Gasteiger partial charge in [-0.25, -0.2) is 0 Å². The summed E-state index contributed by atoms with van der Waals surface area (Å²) in [6.07, 6.45) is 5.23. The summed E-state index contributed by atoms with van der Waals surface area (Å²) in [5.74, 6) is -1.42. The molecular weight excluding hydrogens is 284 g/mol. The first-order valence-electron chi connectivity index (χ1n) is 5.84. The van der Waals surface area contributed by atoms with E-state index in [9.17, 15) is 14.9 Å². The lowest BCUT2D eigenvalue weighted by Crippen LogP contribution is -2.19. The minimum absolute atomic E-state index is 0.131. The summed E-state index contributed by atoms with van der Waals surface area (Å²) in [6, 6.07) is -0.264. The Kier molecular flexibility index (Phi) is 2.90. The summed E-state index contributed by atoms with van der Waals surface area (Å²) in [7, 11) is 0. The van der Waals surface area contributed by atoms with Crippen molar-refractivity contribution in [3.63, 3.8) is 0 Å². The molecule has 0 radical (unpaired) electrons. The molecule has 2 atom stereocenters. The van der Waals surface area contributed by atoms with Gasteiger partial charge in [0.1, 0.15) is 6.20 Å². The minimum Gasteiger partial charge on any atom is -0.481 e. The van der Waals surface area contributed by atoms with Crippen LogP contribution >= 0.6 is 11.3 Å². The number of anilines is 1. The van der Waals surface area contributed by atoms with Gasteiger partial charge in [0.2, 0.25) is 5.82 Å². The fourth-order valence-electron chi connectivity index (χ4n) is 2.21. The van der Waals surface area contributed by atoms with Crippen LogP contribution in [-0.2, 0) is 4.79 Å². The van der Waals surface area contributed by atoms with Crippen molar-refractivity contribution >= 4 is 33.9 Å². The zero-order valence-electron chi connectivity index (χ0n) is 10.1. The molecule has 0 fully saturated rings. The summed E-state index contributed by atoms with van der Waals surface area (Å²) in [5, 5.41) is 24.7. The maximum Gasteiger partial charge on any atom is 0.372 e. The van der Waals surface area contributed by atoms with Gasteiger partial charge >= 0.3 is 11.8 Å². The topological polar surface area (TPSA) is 110 Å². The van der Waals surface area contributed by atoms with Crippen molar-refractivity contribution in [2.75, 3.05) is 5.32 Å². The number of imidazole rings is 1. The highest BCUT2D eigenvalue weighted by atomic mass is 32.1. The first kappa shape index (κ1) is 12.6. The molecule has 2 unspecified atom stereocenters. The van der Waals surface area contributed by atoms with Gasteiger partial charge in [0, 0.05) is 11.4 Å². The SMILES string of the molecule is O=C(O)C1C=CC(Nc2nc3sccn3c2[N+](=O)[O-])C1. The van der Waals surface area contributed by atoms with Crippen LogP contribution < -0.4 is 5.32 Å². The largest absolute Gasteiger partial charge is 0.481 e. The van der Waals surface area contributed by atoms with Gasteiger partial charge in [-0.1, -0.05) is 23.5 Å². The lowest BCUT2D eigenvalue weighted by atomic mass is 10.1. The predicted octanol–water partition coefficient (Wildman–Crippen LogP) is 1.75. The van der Waals surface area contributed by atoms with E-state index in [0.717, 1.165) is 0 Å². The van der Waals surface area contributed by atoms with Crippen LogP contribution in [0.3, 0.4) is 0 Å². The third kappa shape index (κ3) is 2.01. The number of aliphatic carboxylic acids is 1. The highest BCUT2D eigenvalue weighted by Crippen LogP contribution is 2.30. The molecule has 0 bridgehead atoms. The van der Waals surface area contributed by atoms with Crippen molar-refractivity contribution in [1.29, 1.82) is 0 Å². The average molecular weight is 294 g/mol. The number of aromatic nitrogens is 2. The lowest BCUT2D eigenvalue weighted by Gasteiger charge is -2.10. The first-order valence-corrected chi connectivity index (χ1v) is 6.72. The molecule has 9 heteroatoms. The number of nitro groups is 1. The summed E-state index contributed by atoms with van der Waals surface area (Å²) in [5.41, 5.74) is 0. The van der Waals surface area contributed by atoms with Crippen molar-refractivity contribution in [2.45, 2.75) is 12.5 Å². The number of hydrogen-bond acceptors (Lipinski definition) is 6. The summed E-state index contributed by atoms with van der Waals surface area (Å²) < 4.78 is 1.40. The number of fused-ring (bicyclic) bond motifs is 1. The van der Waals surface area contributed by atoms with E-state index in [1.165, 1.54) is 15.7 Å². The number of thiazole rings is 1. The van der Waals surface area contributed by atoms with E-state index in [0.29, 0.717) is 11.4 Å². The first-order chi connectivity index (χ1) is 9.56. The van der Waals surface area contributed by atoms with Gasteiger partial charge in [0.15, 0.2) is 0 Å². The number of nitrogens with zero attached hydrogens (tertiary/aromatic N) is 3. The molecule has 0 amide bonds. The Bertz CT molecular complexity index is 719. The Morgan fingerprint density at radius 3 is 3.05 bits per heavy atom. The molecule has 104 valence electrons. The second-order valence-corrected chi connectivity index (χ2v) is 5.29. The number of hydrogen-bond donors (Lipinski definition) is 2. The zero-order chi connectivity index (χ0) is 14.3. The Balaban J connectivity index is 1.87. The molecule has 20 heavy (non-hydrogen) atoms. The van der Waals surface area contributed by atoms with Crippen LogP contribution in [0.15, 0.2) is 23.7 Å². The zero-order valence-corrected chi connectivity index (χ0v) is 10.9. The number of carbonyl (C=O) groups is 1. The summed E-state index contributed by atoms with van der Waals surface area (Å²) in [6.45, 7) is 0. The molecule has 8 nitrogen and oxygen atoms in total. The molecule has 3 rings (SSSR count). The van der Waals surface area contributed by atoms with Crippen LogP contribution in [0.25, 0.3) is 4.96 Å². The van der Waals surface area contributed by atoms with Gasteiger partial charge in [0.05, 0.1) is 5.92 Å². The minimum atomic E-state index is -0.897. The standard InChI is InChI=1S/C11H10N4O4S/c16-10(17)6-1-2-7(5-6)12-8-9(15(18)19)14-3-4-20-11(14)13-8/h1-4,6-7,12H,5H2,(H,16,17). The van der Waals surface area contributed by atoms with Gasteiger partial charge < -0.3 is 20.5 Å². The molecule has 2 N–H and O–H groups in total. The molecule has 1 aliphatic rings.